The molecule has 0 atom stereocenters. The molecule has 0 saturated carbocycles. The number of aromatic nitrogens is 2. The number of benzene rings is 1. The molecule has 1 aromatic carbocycles. The van der Waals surface area contributed by atoms with Crippen molar-refractivity contribution < 1.29 is 0 Å². The summed E-state index contributed by atoms with van der Waals surface area (Å²) in [5.41, 5.74) is 7.85. The Morgan fingerprint density at radius 2 is 2.10 bits per heavy atom. The molecule has 0 unspecified atom stereocenters. The van der Waals surface area contributed by atoms with Gasteiger partial charge in [0.1, 0.15) is 17.0 Å². The third kappa shape index (κ3) is 2.37. The van der Waals surface area contributed by atoms with E-state index in [9.17, 15) is 0 Å². The molecule has 3 rings (SSSR count). The van der Waals surface area contributed by atoms with Gasteiger partial charge in [0, 0.05) is 17.1 Å². The van der Waals surface area contributed by atoms with E-state index in [0.29, 0.717) is 6.54 Å². The van der Waals surface area contributed by atoms with Crippen molar-refractivity contribution in [3.63, 3.8) is 0 Å². The third-order valence-corrected chi connectivity index (χ3v) is 4.41. The Bertz CT molecular complexity index is 736. The van der Waals surface area contributed by atoms with E-state index in [1.807, 2.05) is 24.3 Å². The molecule has 0 aliphatic rings. The Balaban J connectivity index is 2.04. The van der Waals surface area contributed by atoms with Crippen molar-refractivity contribution in [2.45, 2.75) is 19.9 Å². The maximum atomic E-state index is 5.77. The molecule has 20 heavy (non-hydrogen) atoms. The highest BCUT2D eigenvalue weighted by Crippen LogP contribution is 2.30. The van der Waals surface area contributed by atoms with Crippen LogP contribution in [0.5, 0.6) is 0 Å². The van der Waals surface area contributed by atoms with E-state index in [2.05, 4.69) is 28.3 Å². The normalized spacial score (nSPS) is 10.9. The second-order valence-corrected chi connectivity index (χ2v) is 5.61. The molecule has 2 aromatic heterocycles. The van der Waals surface area contributed by atoms with Gasteiger partial charge in [-0.05, 0) is 24.1 Å². The van der Waals surface area contributed by atoms with E-state index in [1.165, 1.54) is 4.88 Å². The van der Waals surface area contributed by atoms with Gasteiger partial charge in [0.15, 0.2) is 0 Å². The summed E-state index contributed by atoms with van der Waals surface area (Å²) in [6.45, 7) is 2.65. The van der Waals surface area contributed by atoms with Gasteiger partial charge in [0.2, 0.25) is 0 Å². The second kappa shape index (κ2) is 5.56. The Labute approximate surface area is 121 Å². The zero-order valence-corrected chi connectivity index (χ0v) is 12.1. The Hall–Kier alpha value is -1.98. The smallest absolute Gasteiger partial charge is 0.142 e. The summed E-state index contributed by atoms with van der Waals surface area (Å²) in [6, 6.07) is 10.2. The largest absolute Gasteiger partial charge is 0.339 e. The minimum atomic E-state index is 0.501. The highest BCUT2D eigenvalue weighted by molar-refractivity contribution is 7.18. The fourth-order valence-corrected chi connectivity index (χ4v) is 3.06. The van der Waals surface area contributed by atoms with E-state index in [1.54, 1.807) is 17.7 Å². The molecule has 3 aromatic rings. The number of hydrogen-bond acceptors (Lipinski definition) is 5. The van der Waals surface area contributed by atoms with Crippen molar-refractivity contribution in [3.05, 3.63) is 47.1 Å². The summed E-state index contributed by atoms with van der Waals surface area (Å²) in [6.07, 6.45) is 2.62. The van der Waals surface area contributed by atoms with Gasteiger partial charge in [-0.3, -0.25) is 0 Å². The number of aryl methyl sites for hydroxylation is 1. The van der Waals surface area contributed by atoms with Crippen LogP contribution in [0.3, 0.4) is 0 Å². The van der Waals surface area contributed by atoms with Crippen molar-refractivity contribution in [1.29, 1.82) is 0 Å². The van der Waals surface area contributed by atoms with Crippen LogP contribution in [0.15, 0.2) is 36.7 Å². The summed E-state index contributed by atoms with van der Waals surface area (Å²) >= 11 is 1.72. The first kappa shape index (κ1) is 13.0. The number of fused-ring (bicyclic) bond motifs is 1. The number of thiophene rings is 1. The van der Waals surface area contributed by atoms with Crippen molar-refractivity contribution >= 4 is 33.1 Å². The summed E-state index contributed by atoms with van der Waals surface area (Å²) in [5.74, 6) is 0.840. The topological polar surface area (TPSA) is 63.8 Å². The Morgan fingerprint density at radius 1 is 1.25 bits per heavy atom. The summed E-state index contributed by atoms with van der Waals surface area (Å²) < 4.78 is 0. The maximum absolute atomic E-state index is 5.77. The zero-order chi connectivity index (χ0) is 13.9. The number of nitrogens with zero attached hydrogens (tertiary/aromatic N) is 2. The van der Waals surface area contributed by atoms with Crippen LogP contribution in [0, 0.1) is 0 Å². The first-order valence-corrected chi connectivity index (χ1v) is 7.42. The first-order valence-electron chi connectivity index (χ1n) is 6.60. The van der Waals surface area contributed by atoms with Crippen LogP contribution in [-0.2, 0) is 13.0 Å². The predicted molar refractivity (Wildman–Crippen MR) is 84.4 cm³/mol. The van der Waals surface area contributed by atoms with E-state index in [-0.39, 0.29) is 0 Å². The lowest BCUT2D eigenvalue weighted by Crippen LogP contribution is -2.02. The van der Waals surface area contributed by atoms with Gasteiger partial charge in [0.25, 0.3) is 0 Å². The Kier molecular flexibility index (Phi) is 3.62. The standard InChI is InChI=1S/C15H16N4S/c1-2-11-7-12-14(17-9-18-15(12)20-11)19-13-6-4-3-5-10(13)8-16/h3-7,9H,2,8,16H2,1H3,(H,17,18,19). The van der Waals surface area contributed by atoms with Crippen molar-refractivity contribution in [2.24, 2.45) is 5.73 Å². The second-order valence-electron chi connectivity index (χ2n) is 4.49. The molecule has 102 valence electrons. The number of nitrogens with one attached hydrogen (secondary N) is 1. The molecule has 0 amide bonds. The summed E-state index contributed by atoms with van der Waals surface area (Å²) in [7, 11) is 0. The van der Waals surface area contributed by atoms with Crippen LogP contribution in [0.4, 0.5) is 11.5 Å². The van der Waals surface area contributed by atoms with Gasteiger partial charge < -0.3 is 11.1 Å². The molecule has 0 bridgehead atoms. The van der Waals surface area contributed by atoms with E-state index in [0.717, 1.165) is 33.7 Å². The van der Waals surface area contributed by atoms with Crippen molar-refractivity contribution in [2.75, 3.05) is 5.32 Å². The molecule has 4 nitrogen and oxygen atoms in total. The first-order chi connectivity index (χ1) is 9.81. The molecule has 0 saturated heterocycles. The molecule has 0 aliphatic carbocycles. The maximum Gasteiger partial charge on any atom is 0.142 e. The summed E-state index contributed by atoms with van der Waals surface area (Å²) in [4.78, 5) is 11.0. The lowest BCUT2D eigenvalue weighted by molar-refractivity contribution is 1.07. The van der Waals surface area contributed by atoms with Gasteiger partial charge in [-0.2, -0.15) is 0 Å². The number of hydrogen-bond donors (Lipinski definition) is 2. The highest BCUT2D eigenvalue weighted by atomic mass is 32.1. The predicted octanol–water partition coefficient (Wildman–Crippen LogP) is 3.46. The SMILES string of the molecule is CCc1cc2c(Nc3ccccc3CN)ncnc2s1. The average molecular weight is 284 g/mol. The van der Waals surface area contributed by atoms with Crippen LogP contribution in [0.1, 0.15) is 17.4 Å². The number of anilines is 2. The zero-order valence-electron chi connectivity index (χ0n) is 11.3. The molecule has 0 aliphatic heterocycles. The molecular formula is C15H16N4S. The third-order valence-electron chi connectivity index (χ3n) is 3.22. The molecule has 2 heterocycles. The van der Waals surface area contributed by atoms with Crippen molar-refractivity contribution in [1.82, 2.24) is 9.97 Å². The molecule has 5 heteroatoms. The quantitative estimate of drug-likeness (QED) is 0.770. The van der Waals surface area contributed by atoms with Gasteiger partial charge in [-0.15, -0.1) is 11.3 Å². The van der Waals surface area contributed by atoms with Gasteiger partial charge in [-0.25, -0.2) is 9.97 Å². The molecule has 0 radical (unpaired) electrons. The number of para-hydroxylation sites is 1. The fraction of sp³-hybridized carbons (Fsp3) is 0.200. The average Bonchev–Trinajstić information content (AvgIpc) is 2.92. The van der Waals surface area contributed by atoms with Crippen molar-refractivity contribution in [3.8, 4) is 0 Å². The van der Waals surface area contributed by atoms with E-state index >= 15 is 0 Å². The summed E-state index contributed by atoms with van der Waals surface area (Å²) in [5, 5.41) is 4.45. The van der Waals surface area contributed by atoms with E-state index < -0.39 is 0 Å². The molecule has 0 spiro atoms. The van der Waals surface area contributed by atoms with Crippen LogP contribution in [-0.4, -0.2) is 9.97 Å². The van der Waals surface area contributed by atoms with Crippen LogP contribution >= 0.6 is 11.3 Å². The van der Waals surface area contributed by atoms with Gasteiger partial charge in [0.05, 0.1) is 5.39 Å². The molecular weight excluding hydrogens is 268 g/mol. The van der Waals surface area contributed by atoms with Gasteiger partial charge in [-0.1, -0.05) is 25.1 Å². The minimum absolute atomic E-state index is 0.501. The fourth-order valence-electron chi connectivity index (χ4n) is 2.13. The van der Waals surface area contributed by atoms with Crippen LogP contribution in [0.25, 0.3) is 10.2 Å². The van der Waals surface area contributed by atoms with Crippen LogP contribution < -0.4 is 11.1 Å². The van der Waals surface area contributed by atoms with Crippen LogP contribution in [0.2, 0.25) is 0 Å². The molecule has 0 fully saturated rings. The van der Waals surface area contributed by atoms with E-state index in [4.69, 9.17) is 5.73 Å². The Morgan fingerprint density at radius 3 is 2.90 bits per heavy atom. The minimum Gasteiger partial charge on any atom is -0.339 e. The monoisotopic (exact) mass is 284 g/mol. The lowest BCUT2D eigenvalue weighted by atomic mass is 10.2. The molecule has 3 N–H and O–H groups in total. The van der Waals surface area contributed by atoms with Gasteiger partial charge >= 0.3 is 0 Å². The highest BCUT2D eigenvalue weighted by Gasteiger charge is 2.09. The number of nitrogens with two attached hydrogens (primary N) is 1. The number of rotatable bonds is 4. The lowest BCUT2D eigenvalue weighted by Gasteiger charge is -2.10.